The lowest BCUT2D eigenvalue weighted by Gasteiger charge is -2.29. The van der Waals surface area contributed by atoms with E-state index in [4.69, 9.17) is 4.74 Å². The van der Waals surface area contributed by atoms with Crippen LogP contribution in [0.3, 0.4) is 0 Å². The first-order chi connectivity index (χ1) is 12.6. The smallest absolute Gasteiger partial charge is 0.251 e. The number of amides is 1. The zero-order chi connectivity index (χ0) is 18.4. The molecule has 1 aromatic carbocycles. The number of hydrogen-bond donors (Lipinski definition) is 1. The average Bonchev–Trinajstić information content (AvgIpc) is 2.69. The molecule has 1 aliphatic heterocycles. The van der Waals surface area contributed by atoms with Gasteiger partial charge in [-0.3, -0.25) is 9.78 Å². The number of pyridine rings is 1. The molecule has 1 aliphatic rings. The Labute approximate surface area is 153 Å². The van der Waals surface area contributed by atoms with Crippen LogP contribution in [0.1, 0.15) is 29.6 Å². The lowest BCUT2D eigenvalue weighted by Crippen LogP contribution is -2.36. The van der Waals surface area contributed by atoms with Crippen LogP contribution in [0, 0.1) is 0 Å². The SMILES string of the molecule is O=C(NCC[C@H]1C[C@H](S(=O)(=O)c2ccccc2)CCO1)c1ccncc1. The highest BCUT2D eigenvalue weighted by molar-refractivity contribution is 7.92. The second kappa shape index (κ2) is 8.42. The van der Waals surface area contributed by atoms with Gasteiger partial charge in [0.25, 0.3) is 5.91 Å². The second-order valence-corrected chi connectivity index (χ2v) is 8.51. The maximum atomic E-state index is 12.8. The maximum absolute atomic E-state index is 12.8. The van der Waals surface area contributed by atoms with Crippen molar-refractivity contribution in [1.29, 1.82) is 0 Å². The molecule has 0 bridgehead atoms. The van der Waals surface area contributed by atoms with Crippen LogP contribution >= 0.6 is 0 Å². The molecule has 7 heteroatoms. The van der Waals surface area contributed by atoms with Crippen LogP contribution in [0.2, 0.25) is 0 Å². The third-order valence-corrected chi connectivity index (χ3v) is 6.76. The summed E-state index contributed by atoms with van der Waals surface area (Å²) in [6.45, 7) is 0.851. The van der Waals surface area contributed by atoms with Crippen LogP contribution < -0.4 is 5.32 Å². The molecule has 3 rings (SSSR count). The van der Waals surface area contributed by atoms with E-state index in [-0.39, 0.29) is 12.0 Å². The number of nitrogens with one attached hydrogen (secondary N) is 1. The minimum Gasteiger partial charge on any atom is -0.378 e. The number of sulfone groups is 1. The molecule has 1 aromatic heterocycles. The molecule has 0 unspecified atom stereocenters. The van der Waals surface area contributed by atoms with Gasteiger partial charge >= 0.3 is 0 Å². The summed E-state index contributed by atoms with van der Waals surface area (Å²) in [5, 5.41) is 2.39. The number of nitrogens with zero attached hydrogens (tertiary/aromatic N) is 1. The van der Waals surface area contributed by atoms with Crippen molar-refractivity contribution in [3.63, 3.8) is 0 Å². The van der Waals surface area contributed by atoms with Gasteiger partial charge in [-0.15, -0.1) is 0 Å². The Morgan fingerprint density at radius 2 is 1.88 bits per heavy atom. The number of hydrogen-bond acceptors (Lipinski definition) is 5. The predicted molar refractivity (Wildman–Crippen MR) is 97.6 cm³/mol. The van der Waals surface area contributed by atoms with E-state index < -0.39 is 15.1 Å². The lowest BCUT2D eigenvalue weighted by molar-refractivity contribution is 0.0132. The summed E-state index contributed by atoms with van der Waals surface area (Å²) in [4.78, 5) is 16.3. The maximum Gasteiger partial charge on any atom is 0.251 e. The topological polar surface area (TPSA) is 85.4 Å². The number of benzene rings is 1. The zero-order valence-corrected chi connectivity index (χ0v) is 15.2. The average molecular weight is 374 g/mol. The molecule has 2 heterocycles. The Bertz CT molecular complexity index is 825. The van der Waals surface area contributed by atoms with Gasteiger partial charge in [0.05, 0.1) is 16.2 Å². The van der Waals surface area contributed by atoms with Crippen molar-refractivity contribution >= 4 is 15.7 Å². The van der Waals surface area contributed by atoms with Gasteiger partial charge in [-0.1, -0.05) is 18.2 Å². The van der Waals surface area contributed by atoms with E-state index in [2.05, 4.69) is 10.3 Å². The van der Waals surface area contributed by atoms with E-state index in [1.807, 2.05) is 0 Å². The van der Waals surface area contributed by atoms with Gasteiger partial charge in [0.1, 0.15) is 0 Å². The van der Waals surface area contributed by atoms with Crippen LogP contribution in [-0.4, -0.2) is 43.8 Å². The molecule has 1 N–H and O–H groups in total. The van der Waals surface area contributed by atoms with Crippen molar-refractivity contribution < 1.29 is 17.9 Å². The largest absolute Gasteiger partial charge is 0.378 e. The van der Waals surface area contributed by atoms with Crippen molar-refractivity contribution in [3.05, 3.63) is 60.4 Å². The lowest BCUT2D eigenvalue weighted by atomic mass is 10.1. The molecule has 0 spiro atoms. The Balaban J connectivity index is 1.53. The zero-order valence-electron chi connectivity index (χ0n) is 14.4. The summed E-state index contributed by atoms with van der Waals surface area (Å²) in [6, 6.07) is 11.8. The number of ether oxygens (including phenoxy) is 1. The summed E-state index contributed by atoms with van der Waals surface area (Å²) < 4.78 is 31.2. The number of aromatic nitrogens is 1. The fourth-order valence-corrected chi connectivity index (χ4v) is 4.88. The van der Waals surface area contributed by atoms with Gasteiger partial charge in [-0.05, 0) is 43.5 Å². The summed E-state index contributed by atoms with van der Waals surface area (Å²) in [6.07, 6.45) is 4.48. The van der Waals surface area contributed by atoms with E-state index in [0.29, 0.717) is 42.9 Å². The molecule has 0 saturated carbocycles. The summed E-state index contributed by atoms with van der Waals surface area (Å²) in [7, 11) is -3.35. The van der Waals surface area contributed by atoms with E-state index in [9.17, 15) is 13.2 Å². The Morgan fingerprint density at radius 1 is 1.15 bits per heavy atom. The van der Waals surface area contributed by atoms with Crippen LogP contribution in [0.4, 0.5) is 0 Å². The molecule has 2 aromatic rings. The van der Waals surface area contributed by atoms with Crippen molar-refractivity contribution in [1.82, 2.24) is 10.3 Å². The first-order valence-electron chi connectivity index (χ1n) is 8.66. The molecular formula is C19H22N2O4S. The molecule has 0 radical (unpaired) electrons. The van der Waals surface area contributed by atoms with E-state index in [1.54, 1.807) is 54.9 Å². The Hall–Kier alpha value is -2.25. The van der Waals surface area contributed by atoms with Crippen molar-refractivity contribution in [2.45, 2.75) is 35.5 Å². The molecule has 1 saturated heterocycles. The Morgan fingerprint density at radius 3 is 2.62 bits per heavy atom. The van der Waals surface area contributed by atoms with E-state index in [1.165, 1.54) is 0 Å². The first-order valence-corrected chi connectivity index (χ1v) is 10.2. The second-order valence-electron chi connectivity index (χ2n) is 6.28. The standard InChI is InChI=1S/C19H22N2O4S/c22-19(15-6-10-20-11-7-15)21-12-8-16-14-18(9-13-25-16)26(23,24)17-4-2-1-3-5-17/h1-7,10-11,16,18H,8-9,12-14H2,(H,21,22)/t16-,18+/m0/s1. The van der Waals surface area contributed by atoms with Gasteiger partial charge in [-0.2, -0.15) is 0 Å². The molecule has 2 atom stereocenters. The quantitative estimate of drug-likeness (QED) is 0.838. The predicted octanol–water partition coefficient (Wildman–Crippen LogP) is 2.22. The fourth-order valence-electron chi connectivity index (χ4n) is 3.08. The summed E-state index contributed by atoms with van der Waals surface area (Å²) >= 11 is 0. The van der Waals surface area contributed by atoms with E-state index in [0.717, 1.165) is 0 Å². The highest BCUT2D eigenvalue weighted by Crippen LogP contribution is 2.27. The van der Waals surface area contributed by atoms with Crippen LogP contribution in [0.25, 0.3) is 0 Å². The normalized spacial score (nSPS) is 20.5. The molecule has 138 valence electrons. The third-order valence-electron chi connectivity index (χ3n) is 4.52. The van der Waals surface area contributed by atoms with Crippen molar-refractivity contribution in [2.24, 2.45) is 0 Å². The minimum absolute atomic E-state index is 0.170. The molecule has 0 aliphatic carbocycles. The molecule has 1 amide bonds. The van der Waals surface area contributed by atoms with Gasteiger partial charge in [0.2, 0.25) is 0 Å². The van der Waals surface area contributed by atoms with Gasteiger partial charge in [-0.25, -0.2) is 8.42 Å². The molecule has 26 heavy (non-hydrogen) atoms. The van der Waals surface area contributed by atoms with Crippen LogP contribution in [0.15, 0.2) is 59.8 Å². The van der Waals surface area contributed by atoms with Gasteiger partial charge in [0, 0.05) is 31.1 Å². The minimum atomic E-state index is -3.35. The fraction of sp³-hybridized carbons (Fsp3) is 0.368. The highest BCUT2D eigenvalue weighted by Gasteiger charge is 2.33. The number of carbonyl (C=O) groups is 1. The Kier molecular flexibility index (Phi) is 6.00. The first kappa shape index (κ1) is 18.5. The van der Waals surface area contributed by atoms with Crippen molar-refractivity contribution in [2.75, 3.05) is 13.2 Å². The summed E-state index contributed by atoms with van der Waals surface area (Å²) in [5.74, 6) is -0.170. The monoisotopic (exact) mass is 374 g/mol. The number of carbonyl (C=O) groups excluding carboxylic acids is 1. The van der Waals surface area contributed by atoms with Crippen LogP contribution in [0.5, 0.6) is 0 Å². The molecule has 6 nitrogen and oxygen atoms in total. The number of rotatable bonds is 6. The van der Waals surface area contributed by atoms with Crippen molar-refractivity contribution in [3.8, 4) is 0 Å². The summed E-state index contributed by atoms with van der Waals surface area (Å²) in [5.41, 5.74) is 0.550. The molecular weight excluding hydrogens is 352 g/mol. The van der Waals surface area contributed by atoms with Gasteiger partial charge in [0.15, 0.2) is 9.84 Å². The van der Waals surface area contributed by atoms with E-state index >= 15 is 0 Å². The van der Waals surface area contributed by atoms with Crippen LogP contribution in [-0.2, 0) is 14.6 Å². The van der Waals surface area contributed by atoms with Gasteiger partial charge < -0.3 is 10.1 Å². The third kappa shape index (κ3) is 4.47. The highest BCUT2D eigenvalue weighted by atomic mass is 32.2. The molecule has 1 fully saturated rings.